The number of rotatable bonds is 8. The van der Waals surface area contributed by atoms with Gasteiger partial charge in [-0.2, -0.15) is 0 Å². The van der Waals surface area contributed by atoms with Crippen LogP contribution in [0.3, 0.4) is 0 Å². The van der Waals surface area contributed by atoms with Crippen molar-refractivity contribution in [3.8, 4) is 0 Å². The van der Waals surface area contributed by atoms with Crippen molar-refractivity contribution in [3.05, 3.63) is 0 Å². The molecule has 0 spiro atoms. The van der Waals surface area contributed by atoms with Crippen molar-refractivity contribution in [3.63, 3.8) is 0 Å². The second-order valence-electron chi connectivity index (χ2n) is 5.06. The highest BCUT2D eigenvalue weighted by Crippen LogP contribution is 2.22. The van der Waals surface area contributed by atoms with Crippen LogP contribution in [0, 0.1) is 5.92 Å². The molecule has 0 aromatic rings. The summed E-state index contributed by atoms with van der Waals surface area (Å²) in [6.45, 7) is 10.4. The molecule has 0 amide bonds. The van der Waals surface area contributed by atoms with Crippen LogP contribution >= 0.6 is 0 Å². The summed E-state index contributed by atoms with van der Waals surface area (Å²) < 4.78 is 0. The lowest BCUT2D eigenvalue weighted by Gasteiger charge is -2.34. The molecule has 0 aromatic heterocycles. The van der Waals surface area contributed by atoms with Crippen LogP contribution in [0.15, 0.2) is 0 Å². The predicted molar refractivity (Wildman–Crippen MR) is 67.6 cm³/mol. The lowest BCUT2D eigenvalue weighted by Crippen LogP contribution is -2.56. The Morgan fingerprint density at radius 3 is 1.88 bits per heavy atom. The zero-order chi connectivity index (χ0) is 12.8. The zero-order valence-electron chi connectivity index (χ0n) is 11.3. The van der Waals surface area contributed by atoms with Gasteiger partial charge < -0.3 is 5.11 Å². The summed E-state index contributed by atoms with van der Waals surface area (Å²) in [6, 6.07) is 0.231. The van der Waals surface area contributed by atoms with Gasteiger partial charge in [-0.15, -0.1) is 0 Å². The molecule has 0 rings (SSSR count). The lowest BCUT2D eigenvalue weighted by molar-refractivity contribution is -0.146. The van der Waals surface area contributed by atoms with Crippen LogP contribution in [-0.2, 0) is 4.79 Å². The highest BCUT2D eigenvalue weighted by molar-refractivity contribution is 5.78. The molecule has 2 N–H and O–H groups in total. The van der Waals surface area contributed by atoms with E-state index in [-0.39, 0.29) is 6.04 Å². The third-order valence-electron chi connectivity index (χ3n) is 3.27. The molecule has 1 atom stereocenters. The highest BCUT2D eigenvalue weighted by atomic mass is 16.4. The summed E-state index contributed by atoms with van der Waals surface area (Å²) in [5.41, 5.74) is -0.729. The van der Waals surface area contributed by atoms with E-state index in [4.69, 9.17) is 0 Å². The predicted octanol–water partition coefficient (Wildman–Crippen LogP) is 3.04. The first kappa shape index (κ1) is 15.4. The van der Waals surface area contributed by atoms with E-state index >= 15 is 0 Å². The molecular weight excluding hydrogens is 202 g/mol. The Labute approximate surface area is 99.6 Å². The molecule has 16 heavy (non-hydrogen) atoms. The fourth-order valence-electron chi connectivity index (χ4n) is 2.00. The zero-order valence-corrected chi connectivity index (χ0v) is 11.3. The molecule has 0 saturated carbocycles. The van der Waals surface area contributed by atoms with Crippen LogP contribution in [0.25, 0.3) is 0 Å². The second-order valence-corrected chi connectivity index (χ2v) is 5.06. The van der Waals surface area contributed by atoms with E-state index in [0.717, 1.165) is 12.8 Å². The molecule has 3 nitrogen and oxygen atoms in total. The van der Waals surface area contributed by atoms with E-state index in [2.05, 4.69) is 26.1 Å². The Hall–Kier alpha value is -0.570. The minimum absolute atomic E-state index is 0.231. The molecule has 0 saturated heterocycles. The van der Waals surface area contributed by atoms with Gasteiger partial charge in [-0.3, -0.25) is 10.1 Å². The lowest BCUT2D eigenvalue weighted by atomic mass is 9.86. The first-order valence-electron chi connectivity index (χ1n) is 6.40. The summed E-state index contributed by atoms with van der Waals surface area (Å²) >= 11 is 0. The summed E-state index contributed by atoms with van der Waals surface area (Å²) in [5, 5.41) is 12.8. The van der Waals surface area contributed by atoms with Crippen molar-refractivity contribution in [2.45, 2.75) is 71.9 Å². The van der Waals surface area contributed by atoms with Crippen molar-refractivity contribution in [2.24, 2.45) is 5.92 Å². The number of carboxylic acids is 1. The van der Waals surface area contributed by atoms with Gasteiger partial charge in [-0.1, -0.05) is 40.5 Å². The first-order chi connectivity index (χ1) is 7.39. The quantitative estimate of drug-likeness (QED) is 0.672. The van der Waals surface area contributed by atoms with E-state index < -0.39 is 11.5 Å². The summed E-state index contributed by atoms with van der Waals surface area (Å²) in [7, 11) is 0. The normalized spacial score (nSPS) is 14.1. The van der Waals surface area contributed by atoms with Crippen LogP contribution < -0.4 is 5.32 Å². The maximum Gasteiger partial charge on any atom is 0.323 e. The van der Waals surface area contributed by atoms with Crippen LogP contribution in [0.1, 0.15) is 60.3 Å². The average Bonchev–Trinajstić information content (AvgIpc) is 2.17. The number of carboxylic acid groups (broad SMARTS) is 1. The number of hydrogen-bond acceptors (Lipinski definition) is 2. The van der Waals surface area contributed by atoms with E-state index in [9.17, 15) is 9.90 Å². The third kappa shape index (κ3) is 4.12. The Kier molecular flexibility index (Phi) is 6.65. The Morgan fingerprint density at radius 1 is 1.19 bits per heavy atom. The van der Waals surface area contributed by atoms with E-state index in [1.807, 2.05) is 13.8 Å². The second kappa shape index (κ2) is 6.89. The fraction of sp³-hybridized carbons (Fsp3) is 0.923. The van der Waals surface area contributed by atoms with Crippen LogP contribution in [0.2, 0.25) is 0 Å². The minimum atomic E-state index is -0.729. The molecular formula is C13H27NO2. The molecule has 96 valence electrons. The van der Waals surface area contributed by atoms with Crippen LogP contribution in [-0.4, -0.2) is 22.7 Å². The van der Waals surface area contributed by atoms with E-state index in [1.165, 1.54) is 0 Å². The van der Waals surface area contributed by atoms with Gasteiger partial charge in [0.25, 0.3) is 0 Å². The highest BCUT2D eigenvalue weighted by Gasteiger charge is 2.37. The molecule has 0 radical (unpaired) electrons. The third-order valence-corrected chi connectivity index (χ3v) is 3.27. The molecule has 0 bridgehead atoms. The topological polar surface area (TPSA) is 49.3 Å². The molecule has 0 aliphatic heterocycles. The SMILES string of the molecule is CCCC(CCC)(NC(C)C(C)C)C(=O)O. The summed E-state index contributed by atoms with van der Waals surface area (Å²) in [6.07, 6.45) is 3.19. The van der Waals surface area contributed by atoms with Crippen molar-refractivity contribution in [1.82, 2.24) is 5.32 Å². The molecule has 0 fully saturated rings. The molecule has 0 aromatic carbocycles. The molecule has 0 heterocycles. The van der Waals surface area contributed by atoms with Gasteiger partial charge in [-0.25, -0.2) is 0 Å². The maximum atomic E-state index is 11.5. The summed E-state index contributed by atoms with van der Waals surface area (Å²) in [5.74, 6) is -0.254. The van der Waals surface area contributed by atoms with Crippen LogP contribution in [0.4, 0.5) is 0 Å². The fourth-order valence-corrected chi connectivity index (χ4v) is 2.00. The van der Waals surface area contributed by atoms with E-state index in [1.54, 1.807) is 0 Å². The van der Waals surface area contributed by atoms with Crippen molar-refractivity contribution in [1.29, 1.82) is 0 Å². The van der Waals surface area contributed by atoms with Gasteiger partial charge in [0.15, 0.2) is 0 Å². The van der Waals surface area contributed by atoms with Gasteiger partial charge >= 0.3 is 5.97 Å². The minimum Gasteiger partial charge on any atom is -0.480 e. The van der Waals surface area contributed by atoms with Gasteiger partial charge in [0, 0.05) is 6.04 Å². The number of carbonyl (C=O) groups is 1. The number of hydrogen-bond donors (Lipinski definition) is 2. The summed E-state index contributed by atoms with van der Waals surface area (Å²) in [4.78, 5) is 11.5. The van der Waals surface area contributed by atoms with Gasteiger partial charge in [-0.05, 0) is 25.7 Å². The van der Waals surface area contributed by atoms with Crippen molar-refractivity contribution in [2.75, 3.05) is 0 Å². The molecule has 0 aliphatic rings. The van der Waals surface area contributed by atoms with Gasteiger partial charge in [0.05, 0.1) is 0 Å². The molecule has 0 aliphatic carbocycles. The molecule has 3 heteroatoms. The molecule has 1 unspecified atom stereocenters. The smallest absolute Gasteiger partial charge is 0.323 e. The van der Waals surface area contributed by atoms with Crippen LogP contribution in [0.5, 0.6) is 0 Å². The monoisotopic (exact) mass is 229 g/mol. The van der Waals surface area contributed by atoms with Crippen molar-refractivity contribution < 1.29 is 9.90 Å². The first-order valence-corrected chi connectivity index (χ1v) is 6.40. The van der Waals surface area contributed by atoms with Gasteiger partial charge in [0.1, 0.15) is 5.54 Å². The Bertz CT molecular complexity index is 208. The van der Waals surface area contributed by atoms with E-state index in [0.29, 0.717) is 18.8 Å². The number of aliphatic carboxylic acids is 1. The number of nitrogens with one attached hydrogen (secondary N) is 1. The largest absolute Gasteiger partial charge is 0.480 e. The standard InChI is InChI=1S/C13H27NO2/c1-6-8-13(9-7-2,12(15)16)14-11(5)10(3)4/h10-11,14H,6-9H2,1-5H3,(H,15,16). The maximum absolute atomic E-state index is 11.5. The average molecular weight is 229 g/mol. The Balaban J connectivity index is 4.80. The van der Waals surface area contributed by atoms with Crippen molar-refractivity contribution >= 4 is 5.97 Å². The Morgan fingerprint density at radius 2 is 1.62 bits per heavy atom. The van der Waals surface area contributed by atoms with Gasteiger partial charge in [0.2, 0.25) is 0 Å².